The minimum absolute atomic E-state index is 1.09. The summed E-state index contributed by atoms with van der Waals surface area (Å²) in [4.78, 5) is 3.99. The highest BCUT2D eigenvalue weighted by Crippen LogP contribution is 2.31. The molecule has 0 atom stereocenters. The maximum absolute atomic E-state index is 3.62. The lowest BCUT2D eigenvalue weighted by Gasteiger charge is -2.26. The molecule has 0 radical (unpaired) electrons. The van der Waals surface area contributed by atoms with Gasteiger partial charge in [-0.1, -0.05) is 22.0 Å². The van der Waals surface area contributed by atoms with Crippen molar-refractivity contribution in [3.8, 4) is 0 Å². The van der Waals surface area contributed by atoms with Crippen molar-refractivity contribution in [2.75, 3.05) is 26.2 Å². The highest BCUT2D eigenvalue weighted by Gasteiger charge is 2.12. The van der Waals surface area contributed by atoms with Crippen LogP contribution in [0.15, 0.2) is 28.7 Å². The molecular weight excluding hydrogens is 296 g/mol. The topological polar surface area (TPSA) is 15.3 Å². The van der Waals surface area contributed by atoms with Gasteiger partial charge in [0.25, 0.3) is 0 Å². The lowest BCUT2D eigenvalue weighted by molar-refractivity contribution is 0.235. The Labute approximate surface area is 114 Å². The monoisotopic (exact) mass is 310 g/mol. The second kappa shape index (κ2) is 5.06. The molecule has 0 bridgehead atoms. The van der Waals surface area contributed by atoms with Crippen LogP contribution in [0, 0.1) is 0 Å². The van der Waals surface area contributed by atoms with E-state index in [-0.39, 0.29) is 0 Å². The summed E-state index contributed by atoms with van der Waals surface area (Å²) in [6.45, 7) is 5.65. The van der Waals surface area contributed by atoms with Crippen LogP contribution in [0.25, 0.3) is 10.1 Å². The van der Waals surface area contributed by atoms with Gasteiger partial charge in [0.2, 0.25) is 0 Å². The van der Waals surface area contributed by atoms with Crippen molar-refractivity contribution in [2.45, 2.75) is 6.54 Å². The molecule has 0 spiro atoms. The number of hydrogen-bond donors (Lipinski definition) is 1. The summed E-state index contributed by atoms with van der Waals surface area (Å²) in [7, 11) is 0. The molecule has 1 aromatic heterocycles. The van der Waals surface area contributed by atoms with E-state index in [0.29, 0.717) is 0 Å². The summed E-state index contributed by atoms with van der Waals surface area (Å²) in [5, 5.41) is 4.74. The summed E-state index contributed by atoms with van der Waals surface area (Å²) < 4.78 is 2.59. The van der Waals surface area contributed by atoms with E-state index in [1.807, 2.05) is 11.3 Å². The molecule has 0 aliphatic carbocycles. The third-order valence-corrected chi connectivity index (χ3v) is 4.92. The summed E-state index contributed by atoms with van der Waals surface area (Å²) in [6, 6.07) is 8.75. The number of fused-ring (bicyclic) bond motifs is 1. The Morgan fingerprint density at radius 1 is 1.29 bits per heavy atom. The summed E-state index contributed by atoms with van der Waals surface area (Å²) >= 11 is 5.53. The SMILES string of the molecule is Brc1cccc2sc(CN3CCNCC3)cc12. The summed E-state index contributed by atoms with van der Waals surface area (Å²) in [5.74, 6) is 0. The Balaban J connectivity index is 1.83. The van der Waals surface area contributed by atoms with Gasteiger partial charge in [0, 0.05) is 52.2 Å². The minimum Gasteiger partial charge on any atom is -0.314 e. The molecule has 90 valence electrons. The maximum Gasteiger partial charge on any atom is 0.0357 e. The van der Waals surface area contributed by atoms with E-state index in [1.165, 1.54) is 19.4 Å². The Bertz CT molecular complexity index is 517. The highest BCUT2D eigenvalue weighted by molar-refractivity contribution is 9.10. The summed E-state index contributed by atoms with van der Waals surface area (Å²) in [6.07, 6.45) is 0. The lowest BCUT2D eigenvalue weighted by Crippen LogP contribution is -2.42. The highest BCUT2D eigenvalue weighted by atomic mass is 79.9. The number of benzene rings is 1. The van der Waals surface area contributed by atoms with E-state index in [0.717, 1.165) is 32.7 Å². The van der Waals surface area contributed by atoms with E-state index in [1.54, 1.807) is 0 Å². The van der Waals surface area contributed by atoms with Crippen molar-refractivity contribution in [1.82, 2.24) is 10.2 Å². The fourth-order valence-electron chi connectivity index (χ4n) is 2.25. The van der Waals surface area contributed by atoms with Crippen LogP contribution in [-0.2, 0) is 6.54 Å². The molecule has 0 saturated carbocycles. The van der Waals surface area contributed by atoms with Crippen molar-refractivity contribution in [1.29, 1.82) is 0 Å². The molecule has 0 unspecified atom stereocenters. The average molecular weight is 311 g/mol. The van der Waals surface area contributed by atoms with Gasteiger partial charge in [-0.2, -0.15) is 0 Å². The minimum atomic E-state index is 1.09. The normalized spacial score (nSPS) is 17.7. The predicted molar refractivity (Wildman–Crippen MR) is 77.7 cm³/mol. The molecule has 2 heterocycles. The fraction of sp³-hybridized carbons (Fsp3) is 0.385. The van der Waals surface area contributed by atoms with Gasteiger partial charge >= 0.3 is 0 Å². The van der Waals surface area contributed by atoms with Gasteiger partial charge in [0.15, 0.2) is 0 Å². The van der Waals surface area contributed by atoms with Crippen LogP contribution in [-0.4, -0.2) is 31.1 Å². The van der Waals surface area contributed by atoms with Gasteiger partial charge in [-0.05, 0) is 18.2 Å². The zero-order valence-electron chi connectivity index (χ0n) is 9.58. The van der Waals surface area contributed by atoms with Crippen molar-refractivity contribution < 1.29 is 0 Å². The van der Waals surface area contributed by atoms with E-state index in [9.17, 15) is 0 Å². The van der Waals surface area contributed by atoms with Crippen LogP contribution >= 0.6 is 27.3 Å². The maximum atomic E-state index is 3.62. The van der Waals surface area contributed by atoms with Crippen molar-refractivity contribution in [3.63, 3.8) is 0 Å². The smallest absolute Gasteiger partial charge is 0.0357 e. The first kappa shape index (κ1) is 11.7. The van der Waals surface area contributed by atoms with Crippen molar-refractivity contribution >= 4 is 37.4 Å². The Morgan fingerprint density at radius 2 is 2.12 bits per heavy atom. The van der Waals surface area contributed by atoms with Gasteiger partial charge in [-0.3, -0.25) is 4.90 Å². The van der Waals surface area contributed by atoms with Gasteiger partial charge in [-0.15, -0.1) is 11.3 Å². The van der Waals surface area contributed by atoms with Crippen LogP contribution in [0.3, 0.4) is 0 Å². The summed E-state index contributed by atoms with van der Waals surface area (Å²) in [5.41, 5.74) is 0. The Morgan fingerprint density at radius 3 is 2.88 bits per heavy atom. The molecule has 0 amide bonds. The van der Waals surface area contributed by atoms with E-state index in [4.69, 9.17) is 0 Å². The van der Waals surface area contributed by atoms with Crippen LogP contribution in [0.2, 0.25) is 0 Å². The Hall–Kier alpha value is -0.420. The third kappa shape index (κ3) is 2.55. The molecule has 17 heavy (non-hydrogen) atoms. The molecule has 3 rings (SSSR count). The third-order valence-electron chi connectivity index (χ3n) is 3.15. The molecular formula is C13H15BrN2S. The van der Waals surface area contributed by atoms with Crippen LogP contribution in [0.1, 0.15) is 4.88 Å². The first-order valence-electron chi connectivity index (χ1n) is 5.93. The molecule has 1 saturated heterocycles. The van der Waals surface area contributed by atoms with E-state index < -0.39 is 0 Å². The zero-order chi connectivity index (χ0) is 11.7. The second-order valence-corrected chi connectivity index (χ2v) is 6.41. The standard InChI is InChI=1S/C13H15BrN2S/c14-12-2-1-3-13-11(12)8-10(17-13)9-16-6-4-15-5-7-16/h1-3,8,15H,4-7,9H2. The number of thiophene rings is 1. The zero-order valence-corrected chi connectivity index (χ0v) is 12.0. The first-order chi connectivity index (χ1) is 8.33. The van der Waals surface area contributed by atoms with Crippen LogP contribution in [0.4, 0.5) is 0 Å². The Kier molecular flexibility index (Phi) is 3.47. The van der Waals surface area contributed by atoms with Gasteiger partial charge in [-0.25, -0.2) is 0 Å². The molecule has 1 N–H and O–H groups in total. The molecule has 1 aromatic carbocycles. The molecule has 1 fully saturated rings. The van der Waals surface area contributed by atoms with Crippen molar-refractivity contribution in [2.24, 2.45) is 0 Å². The van der Waals surface area contributed by atoms with Gasteiger partial charge in [0.1, 0.15) is 0 Å². The predicted octanol–water partition coefficient (Wildman–Crippen LogP) is 3.07. The first-order valence-corrected chi connectivity index (χ1v) is 7.54. The van der Waals surface area contributed by atoms with E-state index >= 15 is 0 Å². The quantitative estimate of drug-likeness (QED) is 0.917. The lowest BCUT2D eigenvalue weighted by atomic mass is 10.2. The van der Waals surface area contributed by atoms with E-state index in [2.05, 4.69) is 50.4 Å². The number of halogens is 1. The largest absolute Gasteiger partial charge is 0.314 e. The number of rotatable bonds is 2. The molecule has 1 aliphatic heterocycles. The molecule has 1 aliphatic rings. The molecule has 4 heteroatoms. The van der Waals surface area contributed by atoms with Crippen molar-refractivity contribution in [3.05, 3.63) is 33.6 Å². The fourth-order valence-corrected chi connectivity index (χ4v) is 3.99. The van der Waals surface area contributed by atoms with Crippen LogP contribution in [0.5, 0.6) is 0 Å². The number of piperazine rings is 1. The average Bonchev–Trinajstić information content (AvgIpc) is 2.74. The number of nitrogens with zero attached hydrogens (tertiary/aromatic N) is 1. The van der Waals surface area contributed by atoms with Gasteiger partial charge < -0.3 is 5.32 Å². The molecule has 2 aromatic rings. The number of nitrogens with one attached hydrogen (secondary N) is 1. The second-order valence-electron chi connectivity index (χ2n) is 4.39. The number of hydrogen-bond acceptors (Lipinski definition) is 3. The molecule has 2 nitrogen and oxygen atoms in total. The van der Waals surface area contributed by atoms with Gasteiger partial charge in [0.05, 0.1) is 0 Å². The van der Waals surface area contributed by atoms with Crippen LogP contribution < -0.4 is 5.32 Å².